The Morgan fingerprint density at radius 3 is 2.33 bits per heavy atom. The van der Waals surface area contributed by atoms with E-state index in [-0.39, 0.29) is 5.91 Å². The minimum Gasteiger partial charge on any atom is -0.321 e. The van der Waals surface area contributed by atoms with Gasteiger partial charge in [0.1, 0.15) is 0 Å². The fourth-order valence-electron chi connectivity index (χ4n) is 2.48. The molecule has 3 aromatic rings. The molecule has 0 unspecified atom stereocenters. The first-order valence-electron chi connectivity index (χ1n) is 7.83. The Bertz CT molecular complexity index is 894. The van der Waals surface area contributed by atoms with Crippen LogP contribution in [0.25, 0.3) is 5.69 Å². The van der Waals surface area contributed by atoms with Crippen LogP contribution in [-0.2, 0) is 0 Å². The molecule has 0 aliphatic rings. The maximum absolute atomic E-state index is 12.5. The van der Waals surface area contributed by atoms with Gasteiger partial charge in [0.15, 0.2) is 5.69 Å². The SMILES string of the molecule is Cc1ccc(-n2nnc(C(=O)Nc3ccc(C)c(C)c3)c2C)cc1. The van der Waals surface area contributed by atoms with Crippen LogP contribution in [0, 0.1) is 27.7 Å². The molecule has 24 heavy (non-hydrogen) atoms. The lowest BCUT2D eigenvalue weighted by Crippen LogP contribution is -2.14. The van der Waals surface area contributed by atoms with E-state index >= 15 is 0 Å². The summed E-state index contributed by atoms with van der Waals surface area (Å²) in [7, 11) is 0. The number of rotatable bonds is 3. The summed E-state index contributed by atoms with van der Waals surface area (Å²) in [4.78, 5) is 12.5. The third-order valence-corrected chi connectivity index (χ3v) is 4.15. The number of benzene rings is 2. The maximum Gasteiger partial charge on any atom is 0.278 e. The van der Waals surface area contributed by atoms with Gasteiger partial charge in [-0.25, -0.2) is 4.68 Å². The average Bonchev–Trinajstić information content (AvgIpc) is 2.93. The van der Waals surface area contributed by atoms with Crippen LogP contribution in [0.15, 0.2) is 42.5 Å². The van der Waals surface area contributed by atoms with Gasteiger partial charge in [0.2, 0.25) is 0 Å². The van der Waals surface area contributed by atoms with Gasteiger partial charge < -0.3 is 5.32 Å². The number of amides is 1. The third-order valence-electron chi connectivity index (χ3n) is 4.15. The number of aryl methyl sites for hydroxylation is 3. The summed E-state index contributed by atoms with van der Waals surface area (Å²) in [5.74, 6) is -0.255. The molecule has 0 saturated carbocycles. The van der Waals surface area contributed by atoms with Crippen LogP contribution in [-0.4, -0.2) is 20.9 Å². The van der Waals surface area contributed by atoms with Crippen molar-refractivity contribution in [1.29, 1.82) is 0 Å². The zero-order valence-corrected chi connectivity index (χ0v) is 14.3. The first kappa shape index (κ1) is 15.9. The molecule has 0 fully saturated rings. The van der Waals surface area contributed by atoms with Crippen molar-refractivity contribution in [2.45, 2.75) is 27.7 Å². The Morgan fingerprint density at radius 1 is 0.958 bits per heavy atom. The van der Waals surface area contributed by atoms with Gasteiger partial charge in [-0.1, -0.05) is 29.0 Å². The second kappa shape index (κ2) is 6.28. The molecule has 1 heterocycles. The van der Waals surface area contributed by atoms with Crippen molar-refractivity contribution in [3.8, 4) is 5.69 Å². The molecular weight excluding hydrogens is 300 g/mol. The summed E-state index contributed by atoms with van der Waals surface area (Å²) in [6.07, 6.45) is 0. The Balaban J connectivity index is 1.85. The van der Waals surface area contributed by atoms with E-state index in [9.17, 15) is 4.79 Å². The first-order chi connectivity index (χ1) is 11.5. The number of nitrogens with one attached hydrogen (secondary N) is 1. The lowest BCUT2D eigenvalue weighted by Gasteiger charge is -2.07. The van der Waals surface area contributed by atoms with E-state index in [4.69, 9.17) is 0 Å². The van der Waals surface area contributed by atoms with Crippen molar-refractivity contribution >= 4 is 11.6 Å². The molecule has 1 N–H and O–H groups in total. The van der Waals surface area contributed by atoms with Gasteiger partial charge in [0.25, 0.3) is 5.91 Å². The largest absolute Gasteiger partial charge is 0.321 e. The highest BCUT2D eigenvalue weighted by molar-refractivity contribution is 6.03. The smallest absolute Gasteiger partial charge is 0.278 e. The van der Waals surface area contributed by atoms with Crippen molar-refractivity contribution in [1.82, 2.24) is 15.0 Å². The fraction of sp³-hybridized carbons (Fsp3) is 0.211. The molecule has 0 aliphatic carbocycles. The predicted molar refractivity (Wildman–Crippen MR) is 94.7 cm³/mol. The van der Waals surface area contributed by atoms with Crippen molar-refractivity contribution in [3.63, 3.8) is 0 Å². The molecule has 1 aromatic heterocycles. The van der Waals surface area contributed by atoms with Crippen molar-refractivity contribution in [2.75, 3.05) is 5.32 Å². The minimum atomic E-state index is -0.255. The summed E-state index contributed by atoms with van der Waals surface area (Å²) < 4.78 is 1.68. The molecule has 5 nitrogen and oxygen atoms in total. The van der Waals surface area contributed by atoms with Crippen molar-refractivity contribution < 1.29 is 4.79 Å². The van der Waals surface area contributed by atoms with Crippen LogP contribution >= 0.6 is 0 Å². The van der Waals surface area contributed by atoms with Crippen molar-refractivity contribution in [3.05, 3.63) is 70.5 Å². The highest BCUT2D eigenvalue weighted by Crippen LogP contribution is 2.17. The minimum absolute atomic E-state index is 0.255. The van der Waals surface area contributed by atoms with Crippen LogP contribution in [0.4, 0.5) is 5.69 Å². The van der Waals surface area contributed by atoms with E-state index < -0.39 is 0 Å². The van der Waals surface area contributed by atoms with Crippen LogP contribution in [0.5, 0.6) is 0 Å². The lowest BCUT2D eigenvalue weighted by molar-refractivity contribution is 0.102. The van der Waals surface area contributed by atoms with Gasteiger partial charge in [-0.05, 0) is 63.1 Å². The summed E-state index contributed by atoms with van der Waals surface area (Å²) in [6, 6.07) is 13.8. The summed E-state index contributed by atoms with van der Waals surface area (Å²) in [5.41, 5.74) is 6.17. The van der Waals surface area contributed by atoms with Gasteiger partial charge >= 0.3 is 0 Å². The number of carbonyl (C=O) groups excluding carboxylic acids is 1. The molecule has 5 heteroatoms. The molecule has 0 radical (unpaired) electrons. The Kier molecular flexibility index (Phi) is 4.16. The highest BCUT2D eigenvalue weighted by Gasteiger charge is 2.17. The molecule has 3 rings (SSSR count). The average molecular weight is 320 g/mol. The van der Waals surface area contributed by atoms with Crippen molar-refractivity contribution in [2.24, 2.45) is 0 Å². The number of anilines is 1. The van der Waals surface area contributed by atoms with E-state index in [0.29, 0.717) is 11.4 Å². The molecule has 122 valence electrons. The van der Waals surface area contributed by atoms with Gasteiger partial charge in [-0.3, -0.25) is 4.79 Å². The first-order valence-corrected chi connectivity index (χ1v) is 7.83. The van der Waals surface area contributed by atoms with Gasteiger partial charge in [-0.15, -0.1) is 5.10 Å². The van der Waals surface area contributed by atoms with E-state index in [0.717, 1.165) is 16.9 Å². The lowest BCUT2D eigenvalue weighted by atomic mass is 10.1. The van der Waals surface area contributed by atoms with Gasteiger partial charge in [0, 0.05) is 5.69 Å². The second-order valence-corrected chi connectivity index (χ2v) is 6.02. The normalized spacial score (nSPS) is 10.7. The van der Waals surface area contributed by atoms with Crippen LogP contribution in [0.2, 0.25) is 0 Å². The highest BCUT2D eigenvalue weighted by atomic mass is 16.2. The molecule has 0 saturated heterocycles. The monoisotopic (exact) mass is 320 g/mol. The number of carbonyl (C=O) groups is 1. The summed E-state index contributed by atoms with van der Waals surface area (Å²) >= 11 is 0. The number of nitrogens with zero attached hydrogens (tertiary/aromatic N) is 3. The van der Waals surface area contributed by atoms with E-state index in [2.05, 4.69) is 15.6 Å². The summed E-state index contributed by atoms with van der Waals surface area (Å²) in [6.45, 7) is 7.93. The van der Waals surface area contributed by atoms with E-state index in [1.165, 1.54) is 11.1 Å². The van der Waals surface area contributed by atoms with Gasteiger partial charge in [-0.2, -0.15) is 0 Å². The molecule has 2 aromatic carbocycles. The number of aromatic nitrogens is 3. The molecular formula is C19H20N4O. The Morgan fingerprint density at radius 2 is 1.67 bits per heavy atom. The Hall–Kier alpha value is -2.95. The molecule has 0 spiro atoms. The fourth-order valence-corrected chi connectivity index (χ4v) is 2.48. The zero-order chi connectivity index (χ0) is 17.3. The van der Waals surface area contributed by atoms with Crippen LogP contribution < -0.4 is 5.32 Å². The predicted octanol–water partition coefficient (Wildman–Crippen LogP) is 3.75. The standard InChI is InChI=1S/C19H20N4O/c1-12-5-9-17(10-6-12)23-15(4)18(21-22-23)19(24)20-16-8-7-13(2)14(3)11-16/h5-11H,1-4H3,(H,20,24). The van der Waals surface area contributed by atoms with E-state index in [1.54, 1.807) is 4.68 Å². The van der Waals surface area contributed by atoms with Crippen LogP contribution in [0.3, 0.4) is 0 Å². The maximum atomic E-state index is 12.5. The molecule has 1 amide bonds. The quantitative estimate of drug-likeness (QED) is 0.799. The summed E-state index contributed by atoms with van der Waals surface area (Å²) in [5, 5.41) is 11.1. The van der Waals surface area contributed by atoms with Gasteiger partial charge in [0.05, 0.1) is 11.4 Å². The molecule has 0 aliphatic heterocycles. The van der Waals surface area contributed by atoms with Crippen LogP contribution in [0.1, 0.15) is 32.9 Å². The molecule has 0 bridgehead atoms. The second-order valence-electron chi connectivity index (χ2n) is 6.02. The third kappa shape index (κ3) is 3.06. The zero-order valence-electron chi connectivity index (χ0n) is 14.3. The van der Waals surface area contributed by atoms with E-state index in [1.807, 2.05) is 70.2 Å². The number of hydrogen-bond donors (Lipinski definition) is 1. The topological polar surface area (TPSA) is 59.8 Å². The molecule has 0 atom stereocenters. The number of hydrogen-bond acceptors (Lipinski definition) is 3. The Labute approximate surface area is 141 Å².